The largest absolute Gasteiger partial charge is 0.659 e. The van der Waals surface area contributed by atoms with Crippen molar-refractivity contribution in [2.24, 2.45) is 5.92 Å². The maximum Gasteiger partial charge on any atom is -0.0288 e. The van der Waals surface area contributed by atoms with Gasteiger partial charge in [0.25, 0.3) is 0 Å². The molecule has 0 spiro atoms. The van der Waals surface area contributed by atoms with Gasteiger partial charge in [-0.3, -0.25) is 0 Å². The number of nitrogens with zero attached hydrogens (tertiary/aromatic N) is 1. The molecule has 0 N–H and O–H groups in total. The van der Waals surface area contributed by atoms with Gasteiger partial charge in [-0.15, -0.1) is 5.54 Å². The van der Waals surface area contributed by atoms with Crippen molar-refractivity contribution in [1.29, 1.82) is 0 Å². The van der Waals surface area contributed by atoms with E-state index in [4.69, 9.17) is 5.32 Å². The average molecular weight is 303 g/mol. The molecule has 0 heterocycles. The van der Waals surface area contributed by atoms with Gasteiger partial charge in [0.15, 0.2) is 0 Å². The van der Waals surface area contributed by atoms with E-state index >= 15 is 0 Å². The summed E-state index contributed by atoms with van der Waals surface area (Å²) in [6.45, 7) is 11.2. The molecule has 1 rings (SSSR count). The first-order valence-corrected chi connectivity index (χ1v) is 8.93. The summed E-state index contributed by atoms with van der Waals surface area (Å²) < 4.78 is 0. The van der Waals surface area contributed by atoms with Crippen LogP contribution in [0.5, 0.6) is 0 Å². The van der Waals surface area contributed by atoms with Crippen molar-refractivity contribution in [3.05, 3.63) is 40.3 Å². The van der Waals surface area contributed by atoms with Gasteiger partial charge in [-0.25, -0.2) is 0 Å². The van der Waals surface area contributed by atoms with Crippen LogP contribution in [0.2, 0.25) is 0 Å². The zero-order chi connectivity index (χ0) is 16.6. The molecule has 0 aromatic carbocycles. The minimum atomic E-state index is 0.147. The van der Waals surface area contributed by atoms with E-state index < -0.39 is 0 Å². The van der Waals surface area contributed by atoms with Crippen LogP contribution in [0.3, 0.4) is 0 Å². The van der Waals surface area contributed by atoms with E-state index in [1.807, 2.05) is 7.05 Å². The highest BCUT2D eigenvalue weighted by Crippen LogP contribution is 2.39. The Morgan fingerprint density at radius 2 is 2.00 bits per heavy atom. The topological polar surface area (TPSA) is 14.1 Å². The van der Waals surface area contributed by atoms with Crippen LogP contribution in [0.4, 0.5) is 0 Å². The van der Waals surface area contributed by atoms with Crippen molar-refractivity contribution >= 4 is 0 Å². The molecular weight excluding hydrogens is 266 g/mol. The molecule has 0 amide bonds. The minimum absolute atomic E-state index is 0.147. The van der Waals surface area contributed by atoms with E-state index in [-0.39, 0.29) is 5.54 Å². The first-order valence-electron chi connectivity index (χ1n) is 8.93. The highest BCUT2D eigenvalue weighted by Gasteiger charge is 2.25. The van der Waals surface area contributed by atoms with Crippen LogP contribution >= 0.6 is 0 Å². The van der Waals surface area contributed by atoms with Crippen LogP contribution < -0.4 is 0 Å². The van der Waals surface area contributed by atoms with Crippen LogP contribution in [0.25, 0.3) is 5.32 Å². The Hall–Kier alpha value is -0.820. The molecular formula is C21H36N-. The standard InChI is InChI=1S/C21H36N/c1-17(2)9-7-10-18(3)11-8-16-21(5,22-6)20-14-12-19(4)13-15-20/h9,11-12,20H,7-8,10,13-16H2,1-6H3/q-1. The molecule has 0 bridgehead atoms. The van der Waals surface area contributed by atoms with Gasteiger partial charge in [0, 0.05) is 0 Å². The van der Waals surface area contributed by atoms with Gasteiger partial charge >= 0.3 is 0 Å². The number of allylic oxidation sites excluding steroid dienone is 6. The monoisotopic (exact) mass is 302 g/mol. The molecule has 1 heteroatoms. The second-order valence-electron chi connectivity index (χ2n) is 7.51. The molecule has 2 atom stereocenters. The van der Waals surface area contributed by atoms with Crippen molar-refractivity contribution in [2.75, 3.05) is 7.05 Å². The third-order valence-electron chi connectivity index (χ3n) is 5.26. The SMILES string of the molecule is C[N-]C(C)(CCC=C(C)CCC=C(C)C)C1CC=C(C)CC1. The summed E-state index contributed by atoms with van der Waals surface area (Å²) >= 11 is 0. The molecule has 1 nitrogen and oxygen atoms in total. The average Bonchev–Trinajstić information content (AvgIpc) is 2.47. The summed E-state index contributed by atoms with van der Waals surface area (Å²) in [5, 5.41) is 4.78. The Balaban J connectivity index is 2.47. The van der Waals surface area contributed by atoms with Crippen LogP contribution in [-0.2, 0) is 0 Å². The molecule has 0 radical (unpaired) electrons. The van der Waals surface area contributed by atoms with Gasteiger partial charge in [-0.1, -0.05) is 54.2 Å². The quantitative estimate of drug-likeness (QED) is 0.430. The molecule has 2 unspecified atom stereocenters. The number of hydrogen-bond acceptors (Lipinski definition) is 0. The summed E-state index contributed by atoms with van der Waals surface area (Å²) in [4.78, 5) is 0. The second kappa shape index (κ2) is 9.35. The van der Waals surface area contributed by atoms with Gasteiger partial charge in [0.05, 0.1) is 0 Å². The fourth-order valence-electron chi connectivity index (χ4n) is 3.33. The fraction of sp³-hybridized carbons (Fsp3) is 0.714. The predicted molar refractivity (Wildman–Crippen MR) is 100 cm³/mol. The Labute approximate surface area is 139 Å². The molecule has 0 saturated carbocycles. The highest BCUT2D eigenvalue weighted by molar-refractivity contribution is 5.13. The van der Waals surface area contributed by atoms with Gasteiger partial charge < -0.3 is 5.32 Å². The molecule has 0 aromatic heterocycles. The van der Waals surface area contributed by atoms with Crippen LogP contribution in [0.15, 0.2) is 34.9 Å². The summed E-state index contributed by atoms with van der Waals surface area (Å²) in [6, 6.07) is 0. The lowest BCUT2D eigenvalue weighted by Crippen LogP contribution is -2.34. The lowest BCUT2D eigenvalue weighted by Gasteiger charge is -2.49. The van der Waals surface area contributed by atoms with Crippen molar-refractivity contribution in [2.45, 2.75) is 85.1 Å². The Morgan fingerprint density at radius 1 is 1.27 bits per heavy atom. The third kappa shape index (κ3) is 6.52. The Morgan fingerprint density at radius 3 is 2.55 bits per heavy atom. The molecule has 126 valence electrons. The Kier molecular flexibility index (Phi) is 8.17. The van der Waals surface area contributed by atoms with Gasteiger partial charge in [0.1, 0.15) is 0 Å². The molecule has 1 aliphatic carbocycles. The zero-order valence-electron chi connectivity index (χ0n) is 15.7. The lowest BCUT2D eigenvalue weighted by atomic mass is 9.74. The van der Waals surface area contributed by atoms with E-state index in [1.165, 1.54) is 49.7 Å². The van der Waals surface area contributed by atoms with E-state index in [9.17, 15) is 0 Å². The van der Waals surface area contributed by atoms with E-state index in [2.05, 4.69) is 52.8 Å². The highest BCUT2D eigenvalue weighted by atomic mass is 14.9. The molecule has 22 heavy (non-hydrogen) atoms. The molecule has 0 aliphatic heterocycles. The predicted octanol–water partition coefficient (Wildman–Crippen LogP) is 6.97. The van der Waals surface area contributed by atoms with E-state index in [0.717, 1.165) is 12.3 Å². The molecule has 0 fully saturated rings. The van der Waals surface area contributed by atoms with Gasteiger partial charge in [-0.05, 0) is 66.2 Å². The third-order valence-corrected chi connectivity index (χ3v) is 5.26. The van der Waals surface area contributed by atoms with E-state index in [0.29, 0.717) is 0 Å². The summed E-state index contributed by atoms with van der Waals surface area (Å²) in [6.07, 6.45) is 15.7. The van der Waals surface area contributed by atoms with Crippen molar-refractivity contribution in [3.8, 4) is 0 Å². The summed E-state index contributed by atoms with van der Waals surface area (Å²) in [5.41, 5.74) is 4.65. The first-order chi connectivity index (χ1) is 10.4. The fourth-order valence-corrected chi connectivity index (χ4v) is 3.33. The number of rotatable bonds is 8. The summed E-state index contributed by atoms with van der Waals surface area (Å²) in [5.74, 6) is 0.723. The normalized spacial score (nSPS) is 22.0. The molecule has 0 saturated heterocycles. The van der Waals surface area contributed by atoms with Gasteiger partial charge in [-0.2, -0.15) is 7.05 Å². The maximum absolute atomic E-state index is 4.78. The van der Waals surface area contributed by atoms with Crippen LogP contribution in [0, 0.1) is 5.92 Å². The first kappa shape index (κ1) is 19.2. The van der Waals surface area contributed by atoms with Crippen molar-refractivity contribution in [3.63, 3.8) is 0 Å². The Bertz CT molecular complexity index is 423. The number of hydrogen-bond donors (Lipinski definition) is 0. The van der Waals surface area contributed by atoms with E-state index in [1.54, 1.807) is 5.57 Å². The summed E-state index contributed by atoms with van der Waals surface area (Å²) in [7, 11) is 2.01. The van der Waals surface area contributed by atoms with Crippen molar-refractivity contribution in [1.82, 2.24) is 0 Å². The second-order valence-corrected chi connectivity index (χ2v) is 7.51. The minimum Gasteiger partial charge on any atom is -0.659 e. The lowest BCUT2D eigenvalue weighted by molar-refractivity contribution is 0.291. The van der Waals surface area contributed by atoms with Crippen LogP contribution in [0.1, 0.15) is 79.6 Å². The smallest absolute Gasteiger partial charge is 0.0288 e. The van der Waals surface area contributed by atoms with Crippen LogP contribution in [-0.4, -0.2) is 12.6 Å². The zero-order valence-corrected chi connectivity index (χ0v) is 15.7. The van der Waals surface area contributed by atoms with Crippen molar-refractivity contribution < 1.29 is 0 Å². The molecule has 1 aliphatic rings. The molecule has 0 aromatic rings. The van der Waals surface area contributed by atoms with Gasteiger partial charge in [0.2, 0.25) is 0 Å². The maximum atomic E-state index is 4.78.